The number of fused-ring (bicyclic) bond motifs is 1. The van der Waals surface area contributed by atoms with Crippen LogP contribution in [0, 0.1) is 13.8 Å². The van der Waals surface area contributed by atoms with Crippen LogP contribution < -0.4 is 5.32 Å². The summed E-state index contributed by atoms with van der Waals surface area (Å²) in [5.74, 6) is 0.0853. The third-order valence-electron chi connectivity index (χ3n) is 3.90. The van der Waals surface area contributed by atoms with Gasteiger partial charge in [0.05, 0.1) is 6.04 Å². The smallest absolute Gasteiger partial charge is 0.311 e. The summed E-state index contributed by atoms with van der Waals surface area (Å²) in [5, 5.41) is 16.4. The van der Waals surface area contributed by atoms with Crippen molar-refractivity contribution in [3.05, 3.63) is 40.7 Å². The Hall–Kier alpha value is -2.37. The molecule has 0 saturated heterocycles. The van der Waals surface area contributed by atoms with E-state index in [1.54, 1.807) is 0 Å². The molecule has 0 amide bonds. The average molecular weight is 286 g/mol. The van der Waals surface area contributed by atoms with Crippen LogP contribution >= 0.6 is 0 Å². The first kappa shape index (κ1) is 13.6. The molecule has 0 saturated carbocycles. The quantitative estimate of drug-likeness (QED) is 0.901. The number of hydrogen-bond acceptors (Lipinski definition) is 4. The summed E-state index contributed by atoms with van der Waals surface area (Å²) in [6, 6.07) is 6.51. The van der Waals surface area contributed by atoms with E-state index in [4.69, 9.17) is 5.11 Å². The number of carboxylic acid groups (broad SMARTS) is 1. The number of aliphatic carboxylic acids is 1. The summed E-state index contributed by atoms with van der Waals surface area (Å²) in [7, 11) is 0. The van der Waals surface area contributed by atoms with Crippen LogP contribution in [0.4, 0.5) is 5.95 Å². The van der Waals surface area contributed by atoms with Crippen LogP contribution in [0.2, 0.25) is 0 Å². The predicted molar refractivity (Wildman–Crippen MR) is 78.5 cm³/mol. The number of benzene rings is 1. The van der Waals surface area contributed by atoms with Crippen LogP contribution in [0.3, 0.4) is 0 Å². The third-order valence-corrected chi connectivity index (χ3v) is 3.90. The first-order valence-electron chi connectivity index (χ1n) is 7.03. The van der Waals surface area contributed by atoms with Crippen molar-refractivity contribution < 1.29 is 9.90 Å². The number of anilines is 1. The van der Waals surface area contributed by atoms with Gasteiger partial charge in [-0.1, -0.05) is 18.2 Å². The topological polar surface area (TPSA) is 80.0 Å². The Labute approximate surface area is 122 Å². The van der Waals surface area contributed by atoms with Gasteiger partial charge in [0.2, 0.25) is 5.95 Å². The van der Waals surface area contributed by atoms with E-state index >= 15 is 0 Å². The Kier molecular flexibility index (Phi) is 3.37. The molecule has 1 aromatic carbocycles. The highest BCUT2D eigenvalue weighted by molar-refractivity contribution is 5.69. The average Bonchev–Trinajstić information content (AvgIpc) is 2.83. The molecule has 1 aliphatic rings. The Balaban J connectivity index is 1.97. The summed E-state index contributed by atoms with van der Waals surface area (Å²) in [5.41, 5.74) is 3.70. The summed E-state index contributed by atoms with van der Waals surface area (Å²) >= 11 is 0. The fourth-order valence-electron chi connectivity index (χ4n) is 2.64. The Bertz CT molecular complexity index is 693. The van der Waals surface area contributed by atoms with E-state index in [1.165, 1.54) is 16.7 Å². The number of rotatable bonds is 3. The zero-order chi connectivity index (χ0) is 15.0. The van der Waals surface area contributed by atoms with Gasteiger partial charge in [-0.05, 0) is 37.0 Å². The zero-order valence-electron chi connectivity index (χ0n) is 12.1. The molecule has 0 aliphatic carbocycles. The number of aromatic nitrogens is 3. The predicted octanol–water partition coefficient (Wildman–Crippen LogP) is 1.93. The fourth-order valence-corrected chi connectivity index (χ4v) is 2.64. The van der Waals surface area contributed by atoms with E-state index in [1.807, 2.05) is 4.68 Å². The van der Waals surface area contributed by atoms with Crippen LogP contribution in [-0.4, -0.2) is 32.4 Å². The maximum absolute atomic E-state index is 10.8. The molecule has 2 aromatic rings. The first-order chi connectivity index (χ1) is 10.0. The lowest BCUT2D eigenvalue weighted by atomic mass is 9.98. The number of aryl methyl sites for hydroxylation is 2. The van der Waals surface area contributed by atoms with Gasteiger partial charge in [-0.2, -0.15) is 10.1 Å². The van der Waals surface area contributed by atoms with Crippen LogP contribution in [0.5, 0.6) is 0 Å². The van der Waals surface area contributed by atoms with E-state index in [0.717, 1.165) is 13.0 Å². The highest BCUT2D eigenvalue weighted by Crippen LogP contribution is 2.29. The van der Waals surface area contributed by atoms with Crippen LogP contribution in [-0.2, 0) is 11.2 Å². The van der Waals surface area contributed by atoms with E-state index < -0.39 is 5.97 Å². The summed E-state index contributed by atoms with van der Waals surface area (Å²) in [6.45, 7) is 4.99. The molecule has 1 unspecified atom stereocenters. The molecular weight excluding hydrogens is 268 g/mol. The molecular formula is C15H18N4O2. The Morgan fingerprint density at radius 3 is 2.95 bits per heavy atom. The Morgan fingerprint density at radius 2 is 2.24 bits per heavy atom. The van der Waals surface area contributed by atoms with Crippen LogP contribution in [0.1, 0.15) is 35.0 Å². The van der Waals surface area contributed by atoms with Crippen molar-refractivity contribution in [2.75, 3.05) is 11.9 Å². The number of hydrogen-bond donors (Lipinski definition) is 2. The second-order valence-corrected chi connectivity index (χ2v) is 5.44. The highest BCUT2D eigenvalue weighted by Gasteiger charge is 2.25. The minimum atomic E-state index is -0.916. The van der Waals surface area contributed by atoms with E-state index in [0.29, 0.717) is 11.8 Å². The molecule has 6 nitrogen and oxygen atoms in total. The van der Waals surface area contributed by atoms with Crippen molar-refractivity contribution in [2.24, 2.45) is 0 Å². The lowest BCUT2D eigenvalue weighted by molar-refractivity contribution is -0.136. The van der Waals surface area contributed by atoms with Crippen molar-refractivity contribution in [3.8, 4) is 0 Å². The molecule has 0 bridgehead atoms. The van der Waals surface area contributed by atoms with Crippen molar-refractivity contribution in [1.82, 2.24) is 14.8 Å². The van der Waals surface area contributed by atoms with Crippen molar-refractivity contribution in [3.63, 3.8) is 0 Å². The maximum atomic E-state index is 10.8. The number of nitrogens with one attached hydrogen (secondary N) is 1. The van der Waals surface area contributed by atoms with Gasteiger partial charge in [0.1, 0.15) is 6.42 Å². The SMILES string of the molecule is Cc1ccc(C2CCNc3nc(CC(=O)O)nn32)cc1C. The third kappa shape index (κ3) is 2.61. The molecule has 2 N–H and O–H groups in total. The van der Waals surface area contributed by atoms with Gasteiger partial charge in [0.25, 0.3) is 0 Å². The Morgan fingerprint density at radius 1 is 1.43 bits per heavy atom. The van der Waals surface area contributed by atoms with Gasteiger partial charge in [-0.25, -0.2) is 4.68 Å². The van der Waals surface area contributed by atoms with Crippen molar-refractivity contribution >= 4 is 11.9 Å². The molecule has 1 aromatic heterocycles. The van der Waals surface area contributed by atoms with E-state index in [-0.39, 0.29) is 12.5 Å². The standard InChI is InChI=1S/C15H18N4O2/c1-9-3-4-11(7-10(9)2)12-5-6-16-15-17-13(8-14(20)21)18-19(12)15/h3-4,7,12H,5-6,8H2,1-2H3,(H,20,21)(H,16,17,18). The van der Waals surface area contributed by atoms with Crippen LogP contribution in [0.25, 0.3) is 0 Å². The first-order valence-corrected chi connectivity index (χ1v) is 7.03. The molecule has 2 heterocycles. The van der Waals surface area contributed by atoms with Gasteiger partial charge in [-0.3, -0.25) is 4.79 Å². The molecule has 1 atom stereocenters. The number of nitrogens with zero attached hydrogens (tertiary/aromatic N) is 3. The molecule has 0 spiro atoms. The van der Waals surface area contributed by atoms with Crippen molar-refractivity contribution in [1.29, 1.82) is 0 Å². The van der Waals surface area contributed by atoms with E-state index in [9.17, 15) is 4.79 Å². The summed E-state index contributed by atoms with van der Waals surface area (Å²) in [4.78, 5) is 15.1. The molecule has 110 valence electrons. The lowest BCUT2D eigenvalue weighted by Gasteiger charge is -2.25. The number of carbonyl (C=O) groups is 1. The summed E-state index contributed by atoms with van der Waals surface area (Å²) in [6.07, 6.45) is 0.757. The molecule has 3 rings (SSSR count). The van der Waals surface area contributed by atoms with Crippen LogP contribution in [0.15, 0.2) is 18.2 Å². The highest BCUT2D eigenvalue weighted by atomic mass is 16.4. The largest absolute Gasteiger partial charge is 0.481 e. The van der Waals surface area contributed by atoms with Gasteiger partial charge >= 0.3 is 5.97 Å². The lowest BCUT2D eigenvalue weighted by Crippen LogP contribution is -2.24. The minimum Gasteiger partial charge on any atom is -0.481 e. The van der Waals surface area contributed by atoms with Gasteiger partial charge in [0.15, 0.2) is 5.82 Å². The minimum absolute atomic E-state index is 0.107. The van der Waals surface area contributed by atoms with Gasteiger partial charge < -0.3 is 10.4 Å². The molecule has 6 heteroatoms. The fraction of sp³-hybridized carbons (Fsp3) is 0.400. The maximum Gasteiger partial charge on any atom is 0.311 e. The number of carboxylic acids is 1. The second-order valence-electron chi connectivity index (χ2n) is 5.44. The normalized spacial score (nSPS) is 17.1. The molecule has 21 heavy (non-hydrogen) atoms. The molecule has 1 aliphatic heterocycles. The molecule has 0 radical (unpaired) electrons. The zero-order valence-corrected chi connectivity index (χ0v) is 12.1. The summed E-state index contributed by atoms with van der Waals surface area (Å²) < 4.78 is 1.81. The monoisotopic (exact) mass is 286 g/mol. The van der Waals surface area contributed by atoms with Gasteiger partial charge in [-0.15, -0.1) is 0 Å². The van der Waals surface area contributed by atoms with E-state index in [2.05, 4.69) is 47.4 Å². The van der Waals surface area contributed by atoms with Crippen molar-refractivity contribution in [2.45, 2.75) is 32.7 Å². The van der Waals surface area contributed by atoms with Gasteiger partial charge in [0, 0.05) is 6.54 Å². The second kappa shape index (κ2) is 5.20. The molecule has 0 fully saturated rings.